The Balaban J connectivity index is 1.08. The third-order valence-electron chi connectivity index (χ3n) is 11.0. The van der Waals surface area contributed by atoms with Gasteiger partial charge >= 0.3 is 0 Å². The number of para-hydroxylation sites is 1. The van der Waals surface area contributed by atoms with Crippen molar-refractivity contribution >= 4 is 38.9 Å². The number of rotatable bonds is 4. The van der Waals surface area contributed by atoms with Crippen LogP contribution in [-0.2, 0) is 5.41 Å². The Hall–Kier alpha value is -5.99. The molecule has 2 heteroatoms. The molecule has 50 heavy (non-hydrogen) atoms. The summed E-state index contributed by atoms with van der Waals surface area (Å²) in [4.78, 5) is 5.25. The van der Waals surface area contributed by atoms with Crippen LogP contribution in [0.2, 0.25) is 0 Å². The Bertz CT molecular complexity index is 2640. The van der Waals surface area contributed by atoms with E-state index in [1.807, 2.05) is 0 Å². The standard InChI is InChI=1S/C48H35NO/c1-48(2)42-21-9-8-18-38(42)39-24-22-32(29-43(39)48)31-23-25-44-41(28-31)40-20-11-19-37(47(40)50-44)33-15-10-16-35(26-33)46-45(30-12-4-3-5-13-30)34-14-6-7-17-36(27-34)49-46/h3-26,28-29,34H,27H2,1-2H3. The Morgan fingerprint density at radius 1 is 0.580 bits per heavy atom. The molecular formula is C48H35NO. The number of aliphatic imine (C=N–C) groups is 1. The van der Waals surface area contributed by atoms with Gasteiger partial charge in [0, 0.05) is 45.4 Å². The van der Waals surface area contributed by atoms with Crippen molar-refractivity contribution in [2.45, 2.75) is 25.7 Å². The van der Waals surface area contributed by atoms with Crippen LogP contribution in [0, 0.1) is 5.92 Å². The lowest BCUT2D eigenvalue weighted by Crippen LogP contribution is -2.14. The Morgan fingerprint density at radius 3 is 2.24 bits per heavy atom. The molecule has 2 heterocycles. The first-order chi connectivity index (χ1) is 24.5. The minimum Gasteiger partial charge on any atom is -0.455 e. The first kappa shape index (κ1) is 29.0. The maximum Gasteiger partial charge on any atom is 0.143 e. The molecule has 2 nitrogen and oxygen atoms in total. The van der Waals surface area contributed by atoms with Gasteiger partial charge in [0.05, 0.1) is 5.70 Å². The zero-order valence-corrected chi connectivity index (χ0v) is 28.2. The minimum atomic E-state index is -0.0370. The van der Waals surface area contributed by atoms with E-state index in [1.165, 1.54) is 44.5 Å². The van der Waals surface area contributed by atoms with Gasteiger partial charge in [-0.05, 0) is 80.4 Å². The minimum absolute atomic E-state index is 0.0370. The molecule has 7 aromatic rings. The zero-order chi connectivity index (χ0) is 33.4. The second-order valence-corrected chi connectivity index (χ2v) is 14.3. The van der Waals surface area contributed by atoms with E-state index in [4.69, 9.17) is 9.41 Å². The third kappa shape index (κ3) is 4.45. The summed E-state index contributed by atoms with van der Waals surface area (Å²) in [5.74, 6) is 0.277. The number of furan rings is 1. The predicted molar refractivity (Wildman–Crippen MR) is 209 cm³/mol. The number of fused-ring (bicyclic) bond motifs is 8. The summed E-state index contributed by atoms with van der Waals surface area (Å²) in [6, 6.07) is 48.5. The highest BCUT2D eigenvalue weighted by Crippen LogP contribution is 2.50. The maximum absolute atomic E-state index is 6.67. The van der Waals surface area contributed by atoms with Crippen molar-refractivity contribution in [1.29, 1.82) is 0 Å². The van der Waals surface area contributed by atoms with E-state index in [0.717, 1.165) is 56.5 Å². The Kier molecular flexibility index (Phi) is 6.38. The monoisotopic (exact) mass is 641 g/mol. The second kappa shape index (κ2) is 11.0. The molecule has 10 rings (SSSR count). The van der Waals surface area contributed by atoms with Gasteiger partial charge in [-0.25, -0.2) is 0 Å². The predicted octanol–water partition coefficient (Wildman–Crippen LogP) is 12.7. The van der Waals surface area contributed by atoms with Gasteiger partial charge in [0.15, 0.2) is 0 Å². The second-order valence-electron chi connectivity index (χ2n) is 14.3. The van der Waals surface area contributed by atoms with E-state index in [0.29, 0.717) is 0 Å². The summed E-state index contributed by atoms with van der Waals surface area (Å²) in [5, 5.41) is 2.26. The average Bonchev–Trinajstić information content (AvgIpc) is 3.56. The lowest BCUT2D eigenvalue weighted by molar-refractivity contribution is 0.660. The van der Waals surface area contributed by atoms with Crippen LogP contribution in [0.5, 0.6) is 0 Å². The van der Waals surface area contributed by atoms with E-state index < -0.39 is 0 Å². The van der Waals surface area contributed by atoms with Gasteiger partial charge in [0.2, 0.25) is 0 Å². The molecule has 6 aromatic carbocycles. The van der Waals surface area contributed by atoms with Crippen molar-refractivity contribution < 1.29 is 4.42 Å². The van der Waals surface area contributed by atoms with E-state index in [1.54, 1.807) is 0 Å². The van der Waals surface area contributed by atoms with E-state index in [2.05, 4.69) is 172 Å². The van der Waals surface area contributed by atoms with Crippen molar-refractivity contribution in [1.82, 2.24) is 0 Å². The average molecular weight is 642 g/mol. The summed E-state index contributed by atoms with van der Waals surface area (Å²) >= 11 is 0. The molecule has 1 unspecified atom stereocenters. The summed E-state index contributed by atoms with van der Waals surface area (Å²) in [6.45, 7) is 4.68. The van der Waals surface area contributed by atoms with E-state index in [9.17, 15) is 0 Å². The number of nitrogens with zero attached hydrogens (tertiary/aromatic N) is 1. The number of hydrogen-bond donors (Lipinski definition) is 0. The number of hydrogen-bond acceptors (Lipinski definition) is 2. The molecule has 0 saturated heterocycles. The molecule has 1 aliphatic heterocycles. The summed E-state index contributed by atoms with van der Waals surface area (Å²) in [6.07, 6.45) is 9.65. The van der Waals surface area contributed by atoms with Crippen LogP contribution in [0.25, 0.3) is 66.6 Å². The van der Waals surface area contributed by atoms with Gasteiger partial charge in [-0.15, -0.1) is 0 Å². The van der Waals surface area contributed by atoms with Crippen LogP contribution in [0.3, 0.4) is 0 Å². The first-order valence-electron chi connectivity index (χ1n) is 17.6. The van der Waals surface area contributed by atoms with E-state index >= 15 is 0 Å². The highest BCUT2D eigenvalue weighted by Gasteiger charge is 2.35. The fraction of sp³-hybridized carbons (Fsp3) is 0.104. The third-order valence-corrected chi connectivity index (χ3v) is 11.0. The SMILES string of the molecule is CC1(C)c2ccccc2-c2ccc(-c3ccc4oc5c(-c6cccc(C7=C(c8ccccc8)C8C=CC=CC(=N7)C8)c6)cccc5c4c3)cc21. The molecular weight excluding hydrogens is 607 g/mol. The maximum atomic E-state index is 6.67. The lowest BCUT2D eigenvalue weighted by atomic mass is 9.81. The van der Waals surface area contributed by atoms with E-state index in [-0.39, 0.29) is 11.3 Å². The van der Waals surface area contributed by atoms with Gasteiger partial charge in [-0.3, -0.25) is 4.99 Å². The quantitative estimate of drug-likeness (QED) is 0.188. The number of benzene rings is 6. The molecule has 2 bridgehead atoms. The fourth-order valence-electron chi connectivity index (χ4n) is 8.50. The smallest absolute Gasteiger partial charge is 0.143 e. The lowest BCUT2D eigenvalue weighted by Gasteiger charge is -2.25. The van der Waals surface area contributed by atoms with Gasteiger partial charge < -0.3 is 4.42 Å². The van der Waals surface area contributed by atoms with Crippen LogP contribution < -0.4 is 0 Å². The van der Waals surface area contributed by atoms with Crippen molar-refractivity contribution in [3.8, 4) is 33.4 Å². The molecule has 0 N–H and O–H groups in total. The van der Waals surface area contributed by atoms with Gasteiger partial charge in [0.25, 0.3) is 0 Å². The van der Waals surface area contributed by atoms with Crippen LogP contribution in [0.15, 0.2) is 167 Å². The molecule has 0 fully saturated rings. The van der Waals surface area contributed by atoms with Gasteiger partial charge in [-0.2, -0.15) is 0 Å². The van der Waals surface area contributed by atoms with Crippen molar-refractivity contribution in [3.05, 3.63) is 180 Å². The Labute approximate surface area is 292 Å². The van der Waals surface area contributed by atoms with Crippen LogP contribution in [0.4, 0.5) is 0 Å². The Morgan fingerprint density at radius 2 is 1.32 bits per heavy atom. The normalized spacial score (nSPS) is 17.2. The van der Waals surface area contributed by atoms with Crippen molar-refractivity contribution in [2.24, 2.45) is 10.9 Å². The van der Waals surface area contributed by atoms with Crippen LogP contribution in [0.1, 0.15) is 42.5 Å². The highest BCUT2D eigenvalue weighted by molar-refractivity contribution is 6.11. The molecule has 238 valence electrons. The van der Waals surface area contributed by atoms with Crippen LogP contribution >= 0.6 is 0 Å². The summed E-state index contributed by atoms with van der Waals surface area (Å²) in [7, 11) is 0. The molecule has 2 aliphatic carbocycles. The zero-order valence-electron chi connectivity index (χ0n) is 28.2. The fourth-order valence-corrected chi connectivity index (χ4v) is 8.50. The number of allylic oxidation sites excluding steroid dienone is 5. The summed E-state index contributed by atoms with van der Waals surface area (Å²) in [5.41, 5.74) is 17.7. The van der Waals surface area contributed by atoms with Crippen LogP contribution in [-0.4, -0.2) is 5.71 Å². The summed E-state index contributed by atoms with van der Waals surface area (Å²) < 4.78 is 6.67. The molecule has 3 aliphatic rings. The molecule has 0 spiro atoms. The topological polar surface area (TPSA) is 25.5 Å². The van der Waals surface area contributed by atoms with Gasteiger partial charge in [0.1, 0.15) is 11.2 Å². The molecule has 1 atom stereocenters. The van der Waals surface area contributed by atoms with Crippen molar-refractivity contribution in [2.75, 3.05) is 0 Å². The molecule has 0 amide bonds. The molecule has 0 saturated carbocycles. The first-order valence-corrected chi connectivity index (χ1v) is 17.6. The van der Waals surface area contributed by atoms with Crippen molar-refractivity contribution in [3.63, 3.8) is 0 Å². The highest BCUT2D eigenvalue weighted by atomic mass is 16.3. The largest absolute Gasteiger partial charge is 0.455 e. The molecule has 0 radical (unpaired) electrons. The van der Waals surface area contributed by atoms with Gasteiger partial charge in [-0.1, -0.05) is 141 Å². The molecule has 1 aromatic heterocycles.